The number of carbonyl (C=O) groups is 1. The lowest BCUT2D eigenvalue weighted by molar-refractivity contribution is -0.0979. The molecular formula is C29H42N4O2. The van der Waals surface area contributed by atoms with Crippen LogP contribution in [0.5, 0.6) is 5.75 Å². The molecule has 1 atom stereocenters. The van der Waals surface area contributed by atoms with Crippen LogP contribution in [0.1, 0.15) is 78.3 Å². The molecule has 1 heterocycles. The maximum atomic E-state index is 9.89. The molecule has 1 aromatic heterocycles. The van der Waals surface area contributed by atoms with Crippen molar-refractivity contribution in [3.05, 3.63) is 48.0 Å². The SMILES string of the molecule is C=O.CC.CCCOc1ccc2c(C#N)c(-c3ccc(N)cc3)n(C(C)CC)c2c1.NC1CCC1. The third-order valence-electron chi connectivity index (χ3n) is 5.93. The molecule has 1 unspecified atom stereocenters. The Labute approximate surface area is 210 Å². The van der Waals surface area contributed by atoms with Gasteiger partial charge in [0.1, 0.15) is 18.6 Å². The molecule has 190 valence electrons. The summed E-state index contributed by atoms with van der Waals surface area (Å²) in [6, 6.07) is 17.0. The van der Waals surface area contributed by atoms with Gasteiger partial charge < -0.3 is 25.6 Å². The molecule has 0 radical (unpaired) electrons. The molecule has 4 rings (SSSR count). The number of nitrogens with two attached hydrogens (primary N) is 2. The lowest BCUT2D eigenvalue weighted by Gasteiger charge is -2.18. The Hall–Kier alpha value is -3.30. The molecule has 0 amide bonds. The van der Waals surface area contributed by atoms with Crippen LogP contribution >= 0.6 is 0 Å². The van der Waals surface area contributed by atoms with E-state index in [9.17, 15) is 5.26 Å². The van der Waals surface area contributed by atoms with Crippen molar-refractivity contribution >= 4 is 23.4 Å². The van der Waals surface area contributed by atoms with Gasteiger partial charge in [0.15, 0.2) is 0 Å². The molecule has 0 saturated heterocycles. The second kappa shape index (κ2) is 15.6. The van der Waals surface area contributed by atoms with E-state index in [1.807, 2.05) is 57.0 Å². The number of fused-ring (bicyclic) bond motifs is 1. The first kappa shape index (κ1) is 29.7. The normalized spacial score (nSPS) is 12.9. The zero-order chi connectivity index (χ0) is 26.4. The first-order valence-electron chi connectivity index (χ1n) is 12.6. The van der Waals surface area contributed by atoms with Crippen LogP contribution in [-0.4, -0.2) is 24.0 Å². The first-order valence-corrected chi connectivity index (χ1v) is 12.6. The Morgan fingerprint density at radius 1 is 1.14 bits per heavy atom. The van der Waals surface area contributed by atoms with E-state index in [4.69, 9.17) is 21.0 Å². The quantitative estimate of drug-likeness (QED) is 0.376. The summed E-state index contributed by atoms with van der Waals surface area (Å²) in [7, 11) is 0. The van der Waals surface area contributed by atoms with Crippen molar-refractivity contribution in [3.8, 4) is 23.1 Å². The maximum Gasteiger partial charge on any atom is 0.121 e. The van der Waals surface area contributed by atoms with Crippen LogP contribution in [0, 0.1) is 11.3 Å². The number of benzene rings is 2. The summed E-state index contributed by atoms with van der Waals surface area (Å²) < 4.78 is 8.09. The zero-order valence-corrected chi connectivity index (χ0v) is 22.0. The van der Waals surface area contributed by atoms with E-state index in [-0.39, 0.29) is 6.04 Å². The second-order valence-corrected chi connectivity index (χ2v) is 8.30. The predicted octanol–water partition coefficient (Wildman–Crippen LogP) is 6.86. The van der Waals surface area contributed by atoms with E-state index < -0.39 is 0 Å². The van der Waals surface area contributed by atoms with Gasteiger partial charge in [0, 0.05) is 29.2 Å². The summed E-state index contributed by atoms with van der Waals surface area (Å²) >= 11 is 0. The van der Waals surface area contributed by atoms with Gasteiger partial charge in [-0.1, -0.05) is 46.2 Å². The smallest absolute Gasteiger partial charge is 0.121 e. The summed E-state index contributed by atoms with van der Waals surface area (Å²) in [4.78, 5) is 8.00. The average Bonchev–Trinajstić information content (AvgIpc) is 3.22. The minimum Gasteiger partial charge on any atom is -0.494 e. The van der Waals surface area contributed by atoms with Crippen LogP contribution in [0.4, 0.5) is 5.69 Å². The molecule has 0 bridgehead atoms. The van der Waals surface area contributed by atoms with Gasteiger partial charge in [0.2, 0.25) is 0 Å². The van der Waals surface area contributed by atoms with Crippen LogP contribution in [0.3, 0.4) is 0 Å². The number of aromatic nitrogens is 1. The number of hydrogen-bond acceptors (Lipinski definition) is 5. The van der Waals surface area contributed by atoms with Gasteiger partial charge in [-0.05, 0) is 62.4 Å². The molecule has 3 aromatic rings. The molecule has 1 fully saturated rings. The van der Waals surface area contributed by atoms with Crippen molar-refractivity contribution in [1.82, 2.24) is 4.57 Å². The number of ether oxygens (including phenoxy) is 1. The fraction of sp³-hybridized carbons (Fsp3) is 0.448. The molecule has 2 aromatic carbocycles. The Balaban J connectivity index is 0.000000584. The van der Waals surface area contributed by atoms with Gasteiger partial charge in [-0.3, -0.25) is 0 Å². The minimum absolute atomic E-state index is 0.258. The number of nitriles is 1. The highest BCUT2D eigenvalue weighted by atomic mass is 16.5. The summed E-state index contributed by atoms with van der Waals surface area (Å²) in [5.41, 5.74) is 15.6. The van der Waals surface area contributed by atoms with Gasteiger partial charge in [0.25, 0.3) is 0 Å². The van der Waals surface area contributed by atoms with Gasteiger partial charge in [-0.2, -0.15) is 5.26 Å². The number of nitrogen functional groups attached to an aromatic ring is 1. The van der Waals surface area contributed by atoms with E-state index in [0.29, 0.717) is 23.9 Å². The average molecular weight is 479 g/mol. The van der Waals surface area contributed by atoms with Crippen molar-refractivity contribution in [1.29, 1.82) is 5.26 Å². The summed E-state index contributed by atoms with van der Waals surface area (Å²) in [6.07, 6.45) is 5.82. The standard InChI is InChI=1S/C22H25N3O.C4H9N.C2H6.CH2O/c1-4-12-26-18-10-11-19-20(14-23)22(16-6-8-17(24)9-7-16)25(15(3)5-2)21(19)13-18;5-4-2-1-3-4;2*1-2/h6-11,13,15H,4-5,12,24H2,1-3H3;4H,1-3,5H2;1-2H3;1H2. The summed E-state index contributed by atoms with van der Waals surface area (Å²) in [5, 5.41) is 10.9. The fourth-order valence-corrected chi connectivity index (χ4v) is 3.72. The molecule has 4 N–H and O–H groups in total. The fourth-order valence-electron chi connectivity index (χ4n) is 3.72. The Morgan fingerprint density at radius 3 is 2.20 bits per heavy atom. The maximum absolute atomic E-state index is 9.89. The second-order valence-electron chi connectivity index (χ2n) is 8.30. The highest BCUT2D eigenvalue weighted by Crippen LogP contribution is 2.38. The van der Waals surface area contributed by atoms with E-state index >= 15 is 0 Å². The van der Waals surface area contributed by atoms with Crippen LogP contribution in [-0.2, 0) is 4.79 Å². The Kier molecular flexibility index (Phi) is 13.2. The highest BCUT2D eigenvalue weighted by molar-refractivity contribution is 5.95. The topological polar surface area (TPSA) is 107 Å². The summed E-state index contributed by atoms with van der Waals surface area (Å²) in [6.45, 7) is 13.1. The third-order valence-corrected chi connectivity index (χ3v) is 5.93. The molecule has 35 heavy (non-hydrogen) atoms. The van der Waals surface area contributed by atoms with Crippen LogP contribution in [0.25, 0.3) is 22.2 Å². The van der Waals surface area contributed by atoms with Gasteiger partial charge >= 0.3 is 0 Å². The van der Waals surface area contributed by atoms with Gasteiger partial charge in [-0.25, -0.2) is 0 Å². The summed E-state index contributed by atoms with van der Waals surface area (Å²) in [5.74, 6) is 0.842. The lowest BCUT2D eigenvalue weighted by atomic mass is 9.95. The largest absolute Gasteiger partial charge is 0.494 e. The molecular weight excluding hydrogens is 436 g/mol. The Bertz CT molecular complexity index is 1060. The lowest BCUT2D eigenvalue weighted by Crippen LogP contribution is -2.27. The van der Waals surface area contributed by atoms with Gasteiger partial charge in [-0.15, -0.1) is 0 Å². The van der Waals surface area contributed by atoms with Crippen molar-refractivity contribution in [2.75, 3.05) is 12.3 Å². The molecule has 1 aliphatic rings. The number of rotatable bonds is 6. The molecule has 1 aliphatic carbocycles. The van der Waals surface area contributed by atoms with E-state index in [2.05, 4.69) is 37.5 Å². The number of hydrogen-bond donors (Lipinski definition) is 2. The van der Waals surface area contributed by atoms with E-state index in [1.165, 1.54) is 19.3 Å². The highest BCUT2D eigenvalue weighted by Gasteiger charge is 2.21. The molecule has 1 saturated carbocycles. The van der Waals surface area contributed by atoms with Crippen molar-refractivity contribution in [3.63, 3.8) is 0 Å². The Morgan fingerprint density at radius 2 is 1.74 bits per heavy atom. The number of carbonyl (C=O) groups excluding carboxylic acids is 1. The monoisotopic (exact) mass is 478 g/mol. The number of nitrogens with zero attached hydrogens (tertiary/aromatic N) is 2. The van der Waals surface area contributed by atoms with Crippen molar-refractivity contribution in [2.45, 2.75) is 78.8 Å². The molecule has 6 heteroatoms. The van der Waals surface area contributed by atoms with Crippen LogP contribution < -0.4 is 16.2 Å². The number of anilines is 1. The molecule has 6 nitrogen and oxygen atoms in total. The molecule has 0 spiro atoms. The van der Waals surface area contributed by atoms with Crippen molar-refractivity contribution in [2.24, 2.45) is 5.73 Å². The first-order chi connectivity index (χ1) is 17.0. The van der Waals surface area contributed by atoms with Gasteiger partial charge in [0.05, 0.1) is 23.4 Å². The van der Waals surface area contributed by atoms with E-state index in [0.717, 1.165) is 40.8 Å². The van der Waals surface area contributed by atoms with Crippen LogP contribution in [0.2, 0.25) is 0 Å². The van der Waals surface area contributed by atoms with Crippen LogP contribution in [0.15, 0.2) is 42.5 Å². The predicted molar refractivity (Wildman–Crippen MR) is 148 cm³/mol. The van der Waals surface area contributed by atoms with Crippen molar-refractivity contribution < 1.29 is 9.53 Å². The third kappa shape index (κ3) is 7.60. The van der Waals surface area contributed by atoms with E-state index in [1.54, 1.807) is 0 Å². The minimum atomic E-state index is 0.258. The molecule has 0 aliphatic heterocycles. The zero-order valence-electron chi connectivity index (χ0n) is 22.0.